The summed E-state index contributed by atoms with van der Waals surface area (Å²) in [5, 5.41) is 0. The monoisotopic (exact) mass is 1110 g/mol. The number of hydrogen-bond donors (Lipinski definition) is 0. The molecule has 10 aromatic rings. The number of benzene rings is 8. The molecule has 11 rings (SSSR count). The summed E-state index contributed by atoms with van der Waals surface area (Å²) in [4.78, 5) is 9.78. The van der Waals surface area contributed by atoms with E-state index in [4.69, 9.17) is 17.9 Å². The third-order valence-electron chi connectivity index (χ3n) is 13.1. The zero-order valence-corrected chi connectivity index (χ0v) is 42.6. The fourth-order valence-electron chi connectivity index (χ4n) is 9.58. The maximum absolute atomic E-state index is 9.37. The van der Waals surface area contributed by atoms with Crippen molar-refractivity contribution in [2.75, 3.05) is 9.62 Å². The molecular weight excluding hydrogens is 1050 g/mol. The summed E-state index contributed by atoms with van der Waals surface area (Å²) in [6, 6.07) is 57.5. The van der Waals surface area contributed by atoms with Crippen LogP contribution in [0.4, 0.5) is 22.9 Å². The van der Waals surface area contributed by atoms with E-state index in [1.54, 1.807) is 6.07 Å². The van der Waals surface area contributed by atoms with Crippen LogP contribution in [0.2, 0.25) is 0 Å². The first-order valence-electron chi connectivity index (χ1n) is 27.7. The molecule has 2 aromatic heterocycles. The molecular formula is C63H56BN5OPt. The van der Waals surface area contributed by atoms with E-state index in [0.717, 1.165) is 55.9 Å². The number of hydrogen-bond acceptors (Lipinski definition) is 4. The summed E-state index contributed by atoms with van der Waals surface area (Å²) in [5.74, 6) is 1.60. The van der Waals surface area contributed by atoms with Crippen molar-refractivity contribution >= 4 is 46.4 Å². The normalized spacial score (nSPS) is 14.5. The van der Waals surface area contributed by atoms with Gasteiger partial charge in [-0.15, -0.1) is 0 Å². The standard InChI is InChI=1S/C63H56BN5O.Pt/c1-44-37-53(45-23-11-8-12-24-45)61(54(38-44)46-39-47(62(2,3)4)41-48(40-46)63(5,6)7)67-43-66(55-31-17-18-32-56(55)67)51-29-21-30-52(42-51)70-60-36-22-35-59(65-60)69-58-34-20-19-33-57(58)68(50-27-15-10-16-28-50)64(69)49-25-13-9-14-26-49;/h8-42H,1-7H3;/i1D3,8D,11D,12D,23D,24D;. The summed E-state index contributed by atoms with van der Waals surface area (Å²) in [7, 11) is 0. The zero-order valence-electron chi connectivity index (χ0n) is 48.4. The third-order valence-corrected chi connectivity index (χ3v) is 14.1. The van der Waals surface area contributed by atoms with Crippen LogP contribution < -0.4 is 19.8 Å². The predicted octanol–water partition coefficient (Wildman–Crippen LogP) is 15.6. The van der Waals surface area contributed by atoms with Crippen molar-refractivity contribution < 1.29 is 35.1 Å². The first-order valence-corrected chi connectivity index (χ1v) is 24.9. The second kappa shape index (κ2) is 18.4. The van der Waals surface area contributed by atoms with Crippen molar-refractivity contribution in [3.05, 3.63) is 233 Å². The van der Waals surface area contributed by atoms with Crippen molar-refractivity contribution in [1.29, 1.82) is 0 Å². The van der Waals surface area contributed by atoms with Gasteiger partial charge in [0, 0.05) is 5.69 Å². The number of rotatable bonds is 9. The Kier molecular flexibility index (Phi) is 9.67. The van der Waals surface area contributed by atoms with Crippen molar-refractivity contribution in [3.8, 4) is 45.3 Å². The molecule has 0 bridgehead atoms. The first kappa shape index (κ1) is 37.4. The van der Waals surface area contributed by atoms with Gasteiger partial charge in [0.05, 0.1) is 0 Å². The number of para-hydroxylation sites is 5. The molecule has 8 heteroatoms. The summed E-state index contributed by atoms with van der Waals surface area (Å²) < 4.78 is 83.0. The maximum atomic E-state index is 9.37. The average Bonchev–Trinajstić information content (AvgIpc) is 4.20. The van der Waals surface area contributed by atoms with Gasteiger partial charge in [0.15, 0.2) is 0 Å². The predicted molar refractivity (Wildman–Crippen MR) is 292 cm³/mol. The summed E-state index contributed by atoms with van der Waals surface area (Å²) in [5.41, 5.74) is 9.55. The SMILES string of the molecule is [2H]c1c([2H])c([2H])c(-c2cc(C([2H])([2H])[2H])cc(-c3cc(C(C)(C)C)cc(C(C)(C)C)c3)c2-n2[c](=[Pt])n(-c3cccc(Oc4cccc(N5B(c6ccccc6)N(c6ccccc6)c6ccccc65)n4)c3)c3ccccc32)c([2H])c1[2H]. The Morgan fingerprint density at radius 3 is 1.79 bits per heavy atom. The van der Waals surface area contributed by atoms with Crippen LogP contribution >= 0.6 is 0 Å². The van der Waals surface area contributed by atoms with Crippen LogP contribution in [-0.2, 0) is 30.2 Å². The Bertz CT molecular complexity index is 4020. The van der Waals surface area contributed by atoms with Crippen molar-refractivity contribution in [3.63, 3.8) is 0 Å². The molecule has 6 nitrogen and oxygen atoms in total. The van der Waals surface area contributed by atoms with Crippen molar-refractivity contribution in [1.82, 2.24) is 14.1 Å². The molecule has 0 N–H and O–H groups in total. The van der Waals surface area contributed by atoms with Gasteiger partial charge in [0.1, 0.15) is 0 Å². The van der Waals surface area contributed by atoms with Crippen LogP contribution in [0.1, 0.15) is 69.2 Å². The number of aryl methyl sites for hydroxylation is 1. The molecule has 0 unspecified atom stereocenters. The summed E-state index contributed by atoms with van der Waals surface area (Å²) >= 11 is 2.28. The van der Waals surface area contributed by atoms with Gasteiger partial charge in [-0.05, 0) is 18.2 Å². The second-order valence-electron chi connectivity index (χ2n) is 19.9. The van der Waals surface area contributed by atoms with Gasteiger partial charge >= 0.3 is 358 Å². The van der Waals surface area contributed by atoms with E-state index in [2.05, 4.69) is 160 Å². The van der Waals surface area contributed by atoms with E-state index in [9.17, 15) is 2.74 Å². The molecule has 0 spiro atoms. The van der Waals surface area contributed by atoms with E-state index in [1.807, 2.05) is 89.5 Å². The molecule has 1 aliphatic heterocycles. The van der Waals surface area contributed by atoms with Gasteiger partial charge in [-0.25, -0.2) is 0 Å². The van der Waals surface area contributed by atoms with Crippen LogP contribution in [0.5, 0.6) is 11.6 Å². The molecule has 71 heavy (non-hydrogen) atoms. The number of aromatic nitrogens is 3. The molecule has 3 heterocycles. The Morgan fingerprint density at radius 1 is 0.549 bits per heavy atom. The molecule has 0 aliphatic carbocycles. The topological polar surface area (TPSA) is 38.5 Å². The first-order chi connectivity index (χ1) is 37.6. The molecule has 0 saturated carbocycles. The number of pyridine rings is 1. The number of imidazole rings is 1. The summed E-state index contributed by atoms with van der Waals surface area (Å²) in [6.45, 7) is 9.92. The van der Waals surface area contributed by atoms with Gasteiger partial charge in [0.25, 0.3) is 0 Å². The van der Waals surface area contributed by atoms with Crippen molar-refractivity contribution in [2.24, 2.45) is 0 Å². The van der Waals surface area contributed by atoms with Gasteiger partial charge in [-0.2, -0.15) is 0 Å². The second-order valence-corrected chi connectivity index (χ2v) is 20.9. The van der Waals surface area contributed by atoms with E-state index in [1.165, 1.54) is 6.07 Å². The van der Waals surface area contributed by atoms with Crippen LogP contribution in [0.3, 0.4) is 0 Å². The molecule has 352 valence electrons. The molecule has 0 fully saturated rings. The molecule has 0 amide bonds. The quantitative estimate of drug-likeness (QED) is 0.135. The molecule has 8 aromatic carbocycles. The van der Waals surface area contributed by atoms with Crippen LogP contribution in [0.15, 0.2) is 212 Å². The van der Waals surface area contributed by atoms with Gasteiger partial charge < -0.3 is 0 Å². The fourth-order valence-corrected chi connectivity index (χ4v) is 10.7. The number of anilines is 4. The molecule has 0 radical (unpaired) electrons. The fraction of sp³-hybridized carbons (Fsp3) is 0.143. The molecule has 1 aliphatic rings. The Morgan fingerprint density at radius 2 is 1.13 bits per heavy atom. The van der Waals surface area contributed by atoms with E-state index >= 15 is 0 Å². The van der Waals surface area contributed by atoms with E-state index < -0.39 is 37.1 Å². The van der Waals surface area contributed by atoms with Crippen molar-refractivity contribution in [2.45, 2.75) is 59.2 Å². The third kappa shape index (κ3) is 8.67. The number of fused-ring (bicyclic) bond motifs is 2. The van der Waals surface area contributed by atoms with Crippen LogP contribution in [0, 0.1) is 10.7 Å². The van der Waals surface area contributed by atoms with Gasteiger partial charge in [-0.3, -0.25) is 0 Å². The Balaban J connectivity index is 1.10. The summed E-state index contributed by atoms with van der Waals surface area (Å²) in [6.07, 6.45) is 0. The Hall–Kier alpha value is -7.47. The Labute approximate surface area is 440 Å². The van der Waals surface area contributed by atoms with E-state index in [0.29, 0.717) is 32.5 Å². The minimum atomic E-state index is -2.64. The number of ether oxygens (including phenoxy) is 1. The average molecular weight is 1110 g/mol. The molecule has 0 atom stereocenters. The number of nitrogens with zero attached hydrogens (tertiary/aromatic N) is 5. The van der Waals surface area contributed by atoms with Crippen LogP contribution in [0.25, 0.3) is 44.7 Å². The van der Waals surface area contributed by atoms with Gasteiger partial charge in [0.2, 0.25) is 0 Å². The van der Waals surface area contributed by atoms with Gasteiger partial charge in [-0.1, -0.05) is 60.7 Å². The zero-order chi connectivity index (χ0) is 55.9. The minimum absolute atomic E-state index is 0.0355. The molecule has 0 saturated heterocycles. The van der Waals surface area contributed by atoms with Crippen LogP contribution in [-0.4, -0.2) is 21.1 Å². The van der Waals surface area contributed by atoms with E-state index in [-0.39, 0.29) is 34.5 Å².